The molecule has 4 saturated carbocycles. The Morgan fingerprint density at radius 1 is 1.00 bits per heavy atom. The minimum atomic E-state index is -0.813. The number of aliphatic carboxylic acids is 1. The van der Waals surface area contributed by atoms with Crippen LogP contribution in [0.3, 0.4) is 0 Å². The third kappa shape index (κ3) is 4.13. The maximum Gasteiger partial charge on any atom is 0.321 e. The second-order valence-electron chi connectivity index (χ2n) is 9.77. The Morgan fingerprint density at radius 3 is 2.15 bits per heavy atom. The lowest BCUT2D eigenvalue weighted by Crippen LogP contribution is -2.62. The van der Waals surface area contributed by atoms with E-state index in [0.29, 0.717) is 19.5 Å². The number of carboxylic acids is 1. The van der Waals surface area contributed by atoms with E-state index in [0.717, 1.165) is 37.0 Å². The highest BCUT2D eigenvalue weighted by Gasteiger charge is 2.51. The number of amides is 3. The summed E-state index contributed by atoms with van der Waals surface area (Å²) < 4.78 is 0. The molecule has 150 valence electrons. The van der Waals surface area contributed by atoms with Crippen molar-refractivity contribution in [3.05, 3.63) is 0 Å². The number of likely N-dealkylation sites (tertiary alicyclic amines) is 1. The minimum absolute atomic E-state index is 0.0718. The van der Waals surface area contributed by atoms with E-state index in [2.05, 4.69) is 10.6 Å². The Bertz CT molecular complexity index is 599. The largest absolute Gasteiger partial charge is 0.481 e. The fourth-order valence-electron chi connectivity index (χ4n) is 6.67. The van der Waals surface area contributed by atoms with Crippen molar-refractivity contribution in [2.45, 2.75) is 57.4 Å². The summed E-state index contributed by atoms with van der Waals surface area (Å²) in [7, 11) is 0. The van der Waals surface area contributed by atoms with Crippen LogP contribution in [0.4, 0.5) is 4.79 Å². The molecule has 1 aliphatic heterocycles. The number of urea groups is 1. The van der Waals surface area contributed by atoms with Gasteiger partial charge >= 0.3 is 12.0 Å². The van der Waals surface area contributed by atoms with Gasteiger partial charge in [-0.05, 0) is 68.6 Å². The molecule has 5 rings (SSSR count). The van der Waals surface area contributed by atoms with Crippen molar-refractivity contribution < 1.29 is 19.5 Å². The molecule has 0 radical (unpaired) electrons. The van der Waals surface area contributed by atoms with E-state index in [4.69, 9.17) is 0 Å². The van der Waals surface area contributed by atoms with E-state index >= 15 is 0 Å². The second-order valence-corrected chi connectivity index (χ2v) is 9.77. The summed E-state index contributed by atoms with van der Waals surface area (Å²) in [6.45, 7) is 3.12. The lowest BCUT2D eigenvalue weighted by atomic mass is 9.53. The quantitative estimate of drug-likeness (QED) is 0.694. The van der Waals surface area contributed by atoms with Crippen LogP contribution in [0.5, 0.6) is 0 Å². The Morgan fingerprint density at radius 2 is 1.59 bits per heavy atom. The Kier molecular flexibility index (Phi) is 4.91. The average Bonchev–Trinajstić information content (AvgIpc) is 2.51. The molecule has 7 nitrogen and oxygen atoms in total. The summed E-state index contributed by atoms with van der Waals surface area (Å²) >= 11 is 0. The maximum atomic E-state index is 12.5. The number of piperidine rings is 1. The van der Waals surface area contributed by atoms with Crippen LogP contribution in [0.15, 0.2) is 0 Å². The average molecular weight is 377 g/mol. The first-order valence-corrected chi connectivity index (χ1v) is 10.4. The van der Waals surface area contributed by atoms with Gasteiger partial charge in [0.1, 0.15) is 0 Å². The molecule has 0 aromatic carbocycles. The fraction of sp³-hybridized carbons (Fsp3) is 0.850. The number of nitrogens with one attached hydrogen (secondary N) is 2. The summed E-state index contributed by atoms with van der Waals surface area (Å²) in [6.07, 6.45) is 7.69. The molecule has 5 fully saturated rings. The van der Waals surface area contributed by atoms with E-state index in [1.54, 1.807) is 0 Å². The second kappa shape index (κ2) is 7.08. The van der Waals surface area contributed by atoms with Crippen LogP contribution in [0.25, 0.3) is 0 Å². The van der Waals surface area contributed by atoms with Gasteiger partial charge in [-0.3, -0.25) is 19.8 Å². The molecule has 27 heavy (non-hydrogen) atoms. The monoisotopic (exact) mass is 377 g/mol. The highest BCUT2D eigenvalue weighted by molar-refractivity contribution is 5.95. The van der Waals surface area contributed by atoms with Crippen molar-refractivity contribution in [3.63, 3.8) is 0 Å². The molecular weight excluding hydrogens is 346 g/mol. The molecule has 7 heteroatoms. The van der Waals surface area contributed by atoms with Gasteiger partial charge in [-0.2, -0.15) is 0 Å². The summed E-state index contributed by atoms with van der Waals surface area (Å²) in [6, 6.07) is -0.387. The van der Waals surface area contributed by atoms with Crippen LogP contribution in [0.1, 0.15) is 51.9 Å². The van der Waals surface area contributed by atoms with Crippen LogP contribution < -0.4 is 10.6 Å². The molecule has 4 aliphatic carbocycles. The van der Waals surface area contributed by atoms with Gasteiger partial charge in [-0.15, -0.1) is 0 Å². The first-order chi connectivity index (χ1) is 12.8. The molecule has 3 N–H and O–H groups in total. The van der Waals surface area contributed by atoms with Gasteiger partial charge in [0.2, 0.25) is 5.91 Å². The molecule has 3 amide bonds. The van der Waals surface area contributed by atoms with Crippen LogP contribution in [0, 0.1) is 29.6 Å². The Balaban J connectivity index is 1.28. The molecule has 0 aromatic heterocycles. The number of carbonyl (C=O) groups excluding carboxylic acids is 2. The summed E-state index contributed by atoms with van der Waals surface area (Å²) in [4.78, 5) is 37.9. The molecule has 4 bridgehead atoms. The van der Waals surface area contributed by atoms with Crippen molar-refractivity contribution in [2.24, 2.45) is 29.6 Å². The van der Waals surface area contributed by atoms with Crippen LogP contribution >= 0.6 is 0 Å². The summed E-state index contributed by atoms with van der Waals surface area (Å²) in [5, 5.41) is 14.9. The van der Waals surface area contributed by atoms with Crippen LogP contribution in [-0.2, 0) is 9.59 Å². The molecule has 1 saturated heterocycles. The zero-order valence-corrected chi connectivity index (χ0v) is 16.1. The van der Waals surface area contributed by atoms with Crippen molar-refractivity contribution in [1.29, 1.82) is 0 Å². The van der Waals surface area contributed by atoms with Crippen LogP contribution in [-0.4, -0.2) is 53.1 Å². The number of hydrogen-bond donors (Lipinski definition) is 3. The first kappa shape index (κ1) is 18.7. The van der Waals surface area contributed by atoms with Crippen molar-refractivity contribution in [3.8, 4) is 0 Å². The molecule has 2 unspecified atom stereocenters. The van der Waals surface area contributed by atoms with Gasteiger partial charge in [-0.1, -0.05) is 6.92 Å². The number of rotatable bonds is 4. The topological polar surface area (TPSA) is 98.7 Å². The third-order valence-electron chi connectivity index (χ3n) is 7.12. The third-order valence-corrected chi connectivity index (χ3v) is 7.12. The van der Waals surface area contributed by atoms with Crippen molar-refractivity contribution >= 4 is 17.9 Å². The molecular formula is C20H31N3O4. The van der Waals surface area contributed by atoms with Gasteiger partial charge < -0.3 is 10.4 Å². The highest BCUT2D eigenvalue weighted by Crippen LogP contribution is 2.55. The van der Waals surface area contributed by atoms with Gasteiger partial charge in [0.15, 0.2) is 0 Å². The van der Waals surface area contributed by atoms with E-state index in [9.17, 15) is 19.5 Å². The lowest BCUT2D eigenvalue weighted by Gasteiger charge is -2.56. The number of imide groups is 1. The summed E-state index contributed by atoms with van der Waals surface area (Å²) in [5.41, 5.74) is -0.118. The number of hydrogen-bond acceptors (Lipinski definition) is 4. The molecule has 5 aliphatic rings. The standard InChI is InChI=1S/C20H31N3O4/c1-12-2-16(18(25)26)10-23(9-12)11-17(24)21-19(27)22-20-6-13-3-14(7-20)5-15(4-13)8-20/h12-16H,2-11H2,1H3,(H,25,26)(H2,21,22,24,27). The first-order valence-electron chi connectivity index (χ1n) is 10.4. The smallest absolute Gasteiger partial charge is 0.321 e. The van der Waals surface area contributed by atoms with Crippen LogP contribution in [0.2, 0.25) is 0 Å². The Hall–Kier alpha value is -1.63. The zero-order valence-electron chi connectivity index (χ0n) is 16.1. The van der Waals surface area contributed by atoms with Gasteiger partial charge in [0.25, 0.3) is 0 Å². The number of carbonyl (C=O) groups is 3. The molecule has 0 aromatic rings. The normalized spacial score (nSPS) is 40.6. The summed E-state index contributed by atoms with van der Waals surface area (Å²) in [5.74, 6) is 0.818. The lowest BCUT2D eigenvalue weighted by molar-refractivity contribution is -0.145. The highest BCUT2D eigenvalue weighted by atomic mass is 16.4. The minimum Gasteiger partial charge on any atom is -0.481 e. The Labute approximate surface area is 160 Å². The van der Waals surface area contributed by atoms with Crippen molar-refractivity contribution in [2.75, 3.05) is 19.6 Å². The van der Waals surface area contributed by atoms with Crippen molar-refractivity contribution in [1.82, 2.24) is 15.5 Å². The van der Waals surface area contributed by atoms with E-state index in [-0.39, 0.29) is 29.9 Å². The molecule has 2 atom stereocenters. The van der Waals surface area contributed by atoms with E-state index < -0.39 is 11.9 Å². The van der Waals surface area contributed by atoms with Gasteiger partial charge in [-0.25, -0.2) is 4.79 Å². The number of nitrogens with zero attached hydrogens (tertiary/aromatic N) is 1. The predicted octanol–water partition coefficient (Wildman–Crippen LogP) is 1.82. The zero-order chi connectivity index (χ0) is 19.2. The fourth-order valence-corrected chi connectivity index (χ4v) is 6.67. The number of carboxylic acid groups (broad SMARTS) is 1. The maximum absolute atomic E-state index is 12.5. The SMILES string of the molecule is CC1CC(C(=O)O)CN(CC(=O)NC(=O)NC23CC4CC(CC(C4)C2)C3)C1. The molecule has 0 spiro atoms. The predicted molar refractivity (Wildman–Crippen MR) is 98.9 cm³/mol. The van der Waals surface area contributed by atoms with E-state index in [1.807, 2.05) is 11.8 Å². The van der Waals surface area contributed by atoms with Gasteiger partial charge in [0.05, 0.1) is 12.5 Å². The molecule has 1 heterocycles. The van der Waals surface area contributed by atoms with E-state index in [1.165, 1.54) is 19.3 Å². The van der Waals surface area contributed by atoms with Gasteiger partial charge in [0, 0.05) is 18.6 Å².